The van der Waals surface area contributed by atoms with E-state index in [-0.39, 0.29) is 5.75 Å². The van der Waals surface area contributed by atoms with Crippen LogP contribution in [0.15, 0.2) is 48.7 Å². The fourth-order valence-electron chi connectivity index (χ4n) is 3.75. The molecule has 3 heterocycles. The van der Waals surface area contributed by atoms with Gasteiger partial charge in [-0.15, -0.1) is 10.2 Å². The predicted octanol–water partition coefficient (Wildman–Crippen LogP) is 3.30. The van der Waals surface area contributed by atoms with Gasteiger partial charge in [0.1, 0.15) is 17.5 Å². The van der Waals surface area contributed by atoms with E-state index >= 15 is 0 Å². The van der Waals surface area contributed by atoms with Crippen molar-refractivity contribution >= 4 is 17.2 Å². The smallest absolute Gasteiger partial charge is 0.169 e. The number of aromatic hydroxyl groups is 1. The number of phenols is 1. The van der Waals surface area contributed by atoms with Gasteiger partial charge in [0.15, 0.2) is 5.82 Å². The number of nitrogens with two attached hydrogens (primary N) is 1. The van der Waals surface area contributed by atoms with Crippen LogP contribution in [0.1, 0.15) is 32.9 Å². The molecule has 0 radical (unpaired) electrons. The Bertz CT molecular complexity index is 1160. The Morgan fingerprint density at radius 2 is 1.74 bits per heavy atom. The van der Waals surface area contributed by atoms with E-state index in [9.17, 15) is 10.2 Å². The minimum Gasteiger partial charge on any atom is -0.507 e. The second-order valence-electron chi connectivity index (χ2n) is 7.69. The third-order valence-corrected chi connectivity index (χ3v) is 5.34. The molecule has 8 heteroatoms. The second kappa shape index (κ2) is 11.9. The molecule has 1 unspecified atom stereocenters. The zero-order valence-electron chi connectivity index (χ0n) is 19.9. The van der Waals surface area contributed by atoms with E-state index in [1.807, 2.05) is 44.2 Å². The van der Waals surface area contributed by atoms with Crippen molar-refractivity contribution in [3.63, 3.8) is 0 Å². The van der Waals surface area contributed by atoms with Gasteiger partial charge in [0.2, 0.25) is 0 Å². The van der Waals surface area contributed by atoms with Crippen LogP contribution >= 0.6 is 0 Å². The summed E-state index contributed by atoms with van der Waals surface area (Å²) in [4.78, 5) is 8.78. The quantitative estimate of drug-likeness (QED) is 0.511. The van der Waals surface area contributed by atoms with Gasteiger partial charge in [-0.25, -0.2) is 4.98 Å². The zero-order valence-corrected chi connectivity index (χ0v) is 19.9. The van der Waals surface area contributed by atoms with E-state index in [4.69, 9.17) is 5.73 Å². The van der Waals surface area contributed by atoms with Crippen LogP contribution < -0.4 is 15.5 Å². The Kier molecular flexibility index (Phi) is 8.66. The van der Waals surface area contributed by atoms with E-state index in [2.05, 4.69) is 36.8 Å². The standard InChI is InChI=1S/C24H26N6O2.C2H6/c1-17(31)7-8-18-15-19(9-10-26-18)29-11-4-12-30(14-13-29)22-16-21(27-28-24(22)25)20-5-2-3-6-23(20)32;1-2/h2-3,5-6,9-10,15-17,31-32H,4,11-14H2,1H3,(H2,25,28);1-2H3. The average Bonchev–Trinajstić information content (AvgIpc) is 3.11. The first kappa shape index (κ1) is 24.8. The molecule has 4 rings (SSSR count). The molecule has 1 aromatic carbocycles. The van der Waals surface area contributed by atoms with Gasteiger partial charge in [0.25, 0.3) is 0 Å². The van der Waals surface area contributed by atoms with Crippen molar-refractivity contribution in [1.29, 1.82) is 0 Å². The van der Waals surface area contributed by atoms with Crippen LogP contribution in [0.25, 0.3) is 11.3 Å². The summed E-state index contributed by atoms with van der Waals surface area (Å²) in [6, 6.07) is 12.9. The van der Waals surface area contributed by atoms with Crippen molar-refractivity contribution in [3.05, 3.63) is 54.4 Å². The summed E-state index contributed by atoms with van der Waals surface area (Å²) in [7, 11) is 0. The maximum atomic E-state index is 10.2. The zero-order chi connectivity index (χ0) is 24.5. The van der Waals surface area contributed by atoms with E-state index in [0.29, 0.717) is 22.8 Å². The summed E-state index contributed by atoms with van der Waals surface area (Å²) < 4.78 is 0. The first-order valence-corrected chi connectivity index (χ1v) is 11.6. The number of benzene rings is 1. The fourth-order valence-corrected chi connectivity index (χ4v) is 3.75. The summed E-state index contributed by atoms with van der Waals surface area (Å²) in [5, 5.41) is 27.9. The third kappa shape index (κ3) is 6.15. The molecular weight excluding hydrogens is 428 g/mol. The largest absolute Gasteiger partial charge is 0.507 e. The van der Waals surface area contributed by atoms with Crippen molar-refractivity contribution in [2.45, 2.75) is 33.3 Å². The number of hydrogen-bond donors (Lipinski definition) is 3. The normalized spacial score (nSPS) is 14.2. The van der Waals surface area contributed by atoms with Crippen LogP contribution in [0.5, 0.6) is 5.75 Å². The predicted molar refractivity (Wildman–Crippen MR) is 137 cm³/mol. The third-order valence-electron chi connectivity index (χ3n) is 5.34. The van der Waals surface area contributed by atoms with Gasteiger partial charge in [-0.2, -0.15) is 0 Å². The van der Waals surface area contributed by atoms with Crippen molar-refractivity contribution in [3.8, 4) is 28.8 Å². The monoisotopic (exact) mass is 460 g/mol. The highest BCUT2D eigenvalue weighted by Crippen LogP contribution is 2.31. The molecule has 0 saturated carbocycles. The minimum absolute atomic E-state index is 0.159. The SMILES string of the molecule is CC.CC(O)C#Cc1cc(N2CCCN(c3cc(-c4ccccc4O)nnc3N)CC2)ccn1. The number of rotatable bonds is 3. The van der Waals surface area contributed by atoms with Crippen LogP contribution in [0.4, 0.5) is 17.2 Å². The highest BCUT2D eigenvalue weighted by atomic mass is 16.3. The highest BCUT2D eigenvalue weighted by molar-refractivity contribution is 5.74. The maximum Gasteiger partial charge on any atom is 0.169 e. The Morgan fingerprint density at radius 3 is 2.50 bits per heavy atom. The first-order chi connectivity index (χ1) is 16.5. The lowest BCUT2D eigenvalue weighted by molar-refractivity contribution is 0.253. The van der Waals surface area contributed by atoms with Crippen molar-refractivity contribution in [2.24, 2.45) is 0 Å². The fraction of sp³-hybridized carbons (Fsp3) is 0.346. The van der Waals surface area contributed by atoms with Gasteiger partial charge < -0.3 is 25.7 Å². The Labute approximate surface area is 201 Å². The molecule has 0 aliphatic carbocycles. The van der Waals surface area contributed by atoms with E-state index in [1.165, 1.54) is 0 Å². The summed E-state index contributed by atoms with van der Waals surface area (Å²) in [5.41, 5.74) is 9.89. The number of nitrogen functional groups attached to an aromatic ring is 1. The molecule has 1 aliphatic heterocycles. The summed E-state index contributed by atoms with van der Waals surface area (Å²) in [6.45, 7) is 8.89. The topological polar surface area (TPSA) is 112 Å². The maximum absolute atomic E-state index is 10.2. The number of aliphatic hydroxyl groups is 1. The molecule has 0 amide bonds. The number of aromatic nitrogens is 3. The molecule has 1 aliphatic rings. The van der Waals surface area contributed by atoms with E-state index in [1.54, 1.807) is 25.3 Å². The number of phenolic OH excluding ortho intramolecular Hbond substituents is 1. The lowest BCUT2D eigenvalue weighted by Crippen LogP contribution is -2.31. The van der Waals surface area contributed by atoms with Gasteiger partial charge in [-0.1, -0.05) is 31.9 Å². The van der Waals surface area contributed by atoms with Gasteiger partial charge in [-0.3, -0.25) is 0 Å². The van der Waals surface area contributed by atoms with Crippen LogP contribution in [0, 0.1) is 11.8 Å². The van der Waals surface area contributed by atoms with Gasteiger partial charge >= 0.3 is 0 Å². The van der Waals surface area contributed by atoms with Crippen LogP contribution in [-0.4, -0.2) is 57.7 Å². The molecule has 1 saturated heterocycles. The molecule has 3 aromatic rings. The average molecular weight is 461 g/mol. The van der Waals surface area contributed by atoms with Crippen molar-refractivity contribution < 1.29 is 10.2 Å². The molecule has 2 aromatic heterocycles. The second-order valence-corrected chi connectivity index (χ2v) is 7.69. The summed E-state index contributed by atoms with van der Waals surface area (Å²) >= 11 is 0. The number of hydrogen-bond acceptors (Lipinski definition) is 8. The number of aliphatic hydroxyl groups excluding tert-OH is 1. The summed E-state index contributed by atoms with van der Waals surface area (Å²) in [5.74, 6) is 6.17. The van der Waals surface area contributed by atoms with Crippen LogP contribution in [-0.2, 0) is 0 Å². The number of anilines is 3. The Morgan fingerprint density at radius 1 is 1.00 bits per heavy atom. The summed E-state index contributed by atoms with van der Waals surface area (Å²) in [6.07, 6.45) is 1.99. The van der Waals surface area contributed by atoms with Crippen molar-refractivity contribution in [1.82, 2.24) is 15.2 Å². The molecule has 1 fully saturated rings. The van der Waals surface area contributed by atoms with Gasteiger partial charge in [-0.05, 0) is 49.6 Å². The molecule has 0 bridgehead atoms. The number of nitrogens with zero attached hydrogens (tertiary/aromatic N) is 5. The Balaban J connectivity index is 0.00000158. The molecular formula is C26H32N6O2. The minimum atomic E-state index is -0.686. The van der Waals surface area contributed by atoms with Crippen molar-refractivity contribution in [2.75, 3.05) is 41.7 Å². The molecule has 4 N–H and O–H groups in total. The number of para-hydroxylation sites is 1. The molecule has 178 valence electrons. The highest BCUT2D eigenvalue weighted by Gasteiger charge is 2.19. The lowest BCUT2D eigenvalue weighted by atomic mass is 10.1. The molecule has 0 spiro atoms. The molecule has 34 heavy (non-hydrogen) atoms. The Hall–Kier alpha value is -3.83. The van der Waals surface area contributed by atoms with Crippen LogP contribution in [0.2, 0.25) is 0 Å². The van der Waals surface area contributed by atoms with Crippen LogP contribution in [0.3, 0.4) is 0 Å². The number of pyridine rings is 1. The first-order valence-electron chi connectivity index (χ1n) is 11.6. The van der Waals surface area contributed by atoms with E-state index < -0.39 is 6.10 Å². The molecule has 1 atom stereocenters. The van der Waals surface area contributed by atoms with Gasteiger partial charge in [0.05, 0.1) is 11.4 Å². The lowest BCUT2D eigenvalue weighted by Gasteiger charge is -2.25. The van der Waals surface area contributed by atoms with E-state index in [0.717, 1.165) is 44.0 Å². The van der Waals surface area contributed by atoms with Gasteiger partial charge in [0, 0.05) is 43.6 Å². The molecule has 8 nitrogen and oxygen atoms in total.